The third-order valence-electron chi connectivity index (χ3n) is 7.71. The minimum atomic E-state index is -0.607. The lowest BCUT2D eigenvalue weighted by atomic mass is 10.1. The van der Waals surface area contributed by atoms with E-state index in [1.807, 2.05) is 48.5 Å². The molecular weight excluding hydrogens is 635 g/mol. The molecule has 0 unspecified atom stereocenters. The molecule has 7 nitrogen and oxygen atoms in total. The lowest BCUT2D eigenvalue weighted by Gasteiger charge is -2.18. The number of aliphatic hydroxyl groups is 2. The number of hydrogen-bond donors (Lipinski definition) is 4. The van der Waals surface area contributed by atoms with Gasteiger partial charge in [-0.1, -0.05) is 71.7 Å². The molecule has 4 aromatic carbocycles. The molecule has 9 heteroatoms. The van der Waals surface area contributed by atoms with E-state index in [1.165, 1.54) is 11.1 Å². The molecule has 0 heterocycles. The van der Waals surface area contributed by atoms with Gasteiger partial charge in [-0.2, -0.15) is 0 Å². The van der Waals surface area contributed by atoms with Crippen LogP contribution in [0.3, 0.4) is 0 Å². The normalized spacial score (nSPS) is 13.9. The van der Waals surface area contributed by atoms with Crippen LogP contribution in [0.25, 0.3) is 0 Å². The zero-order valence-corrected chi connectivity index (χ0v) is 28.6. The van der Waals surface area contributed by atoms with Gasteiger partial charge in [-0.05, 0) is 97.5 Å². The van der Waals surface area contributed by atoms with Crippen LogP contribution in [0.15, 0.2) is 97.1 Å². The first kappa shape index (κ1) is 36.7. The van der Waals surface area contributed by atoms with Gasteiger partial charge < -0.3 is 35.1 Å². The first-order valence-corrected chi connectivity index (χ1v) is 16.9. The van der Waals surface area contributed by atoms with Gasteiger partial charge in [0.05, 0.1) is 25.4 Å². The average molecular weight is 682 g/mol. The van der Waals surface area contributed by atoms with Crippen LogP contribution in [0.2, 0.25) is 10.0 Å². The SMILES string of the molecule is C[C@H](Cc1ccc(OCCOCCOc2ccc(C[C@@H](C)NC[C@H](O)c3cccc(Cl)c3)cc2)cc1)NC[C@H](O)c1cccc(Cl)c1. The minimum absolute atomic E-state index is 0.197. The first-order valence-electron chi connectivity index (χ1n) is 16.1. The number of halogens is 2. The Morgan fingerprint density at radius 2 is 0.979 bits per heavy atom. The summed E-state index contributed by atoms with van der Waals surface area (Å²) in [6.45, 7) is 6.96. The summed E-state index contributed by atoms with van der Waals surface area (Å²) in [6, 6.07) is 31.1. The third kappa shape index (κ3) is 13.5. The van der Waals surface area contributed by atoms with Crippen molar-refractivity contribution in [2.45, 2.75) is 51.0 Å². The summed E-state index contributed by atoms with van der Waals surface area (Å²) in [7, 11) is 0. The number of rotatable bonds is 20. The maximum absolute atomic E-state index is 10.4. The molecule has 0 aromatic heterocycles. The highest BCUT2D eigenvalue weighted by Gasteiger charge is 2.12. The van der Waals surface area contributed by atoms with E-state index in [2.05, 4.69) is 48.7 Å². The van der Waals surface area contributed by atoms with Crippen molar-refractivity contribution in [3.05, 3.63) is 129 Å². The lowest BCUT2D eigenvalue weighted by molar-refractivity contribution is 0.0764. The molecule has 0 radical (unpaired) electrons. The van der Waals surface area contributed by atoms with Gasteiger partial charge in [-0.15, -0.1) is 0 Å². The Balaban J connectivity index is 1.03. The zero-order valence-electron chi connectivity index (χ0n) is 27.1. The van der Waals surface area contributed by atoms with Crippen LogP contribution in [-0.2, 0) is 17.6 Å². The molecule has 4 N–H and O–H groups in total. The maximum atomic E-state index is 10.4. The van der Waals surface area contributed by atoms with Crippen molar-refractivity contribution in [2.75, 3.05) is 39.5 Å². The van der Waals surface area contributed by atoms with Gasteiger partial charge in [-0.3, -0.25) is 0 Å². The van der Waals surface area contributed by atoms with Gasteiger partial charge >= 0.3 is 0 Å². The molecule has 4 atom stereocenters. The van der Waals surface area contributed by atoms with Crippen molar-refractivity contribution in [3.63, 3.8) is 0 Å². The van der Waals surface area contributed by atoms with E-state index in [4.69, 9.17) is 37.4 Å². The highest BCUT2D eigenvalue weighted by atomic mass is 35.5. The second kappa shape index (κ2) is 19.6. The standard InChI is InChI=1S/C38H46Cl2N2O5/c1-27(41-25-37(43)31-5-3-7-33(39)23-31)21-29-9-13-35(14-10-29)46-19-17-45-18-20-47-36-15-11-30(12-16-36)22-28(2)42-26-38(44)32-6-4-8-34(40)24-32/h3-16,23-24,27-28,37-38,41-44H,17-22,25-26H2,1-2H3/t27-,28-,37+,38+/m1/s1. The van der Waals surface area contributed by atoms with E-state index >= 15 is 0 Å². The van der Waals surface area contributed by atoms with E-state index in [0.717, 1.165) is 35.5 Å². The molecule has 0 fully saturated rings. The summed E-state index contributed by atoms with van der Waals surface area (Å²) < 4.78 is 17.3. The Kier molecular flexibility index (Phi) is 15.3. The molecule has 0 aliphatic rings. The molecule has 4 rings (SSSR count). The summed E-state index contributed by atoms with van der Waals surface area (Å²) in [5.41, 5.74) is 3.99. The highest BCUT2D eigenvalue weighted by molar-refractivity contribution is 6.30. The van der Waals surface area contributed by atoms with Gasteiger partial charge in [0.1, 0.15) is 24.7 Å². The van der Waals surface area contributed by atoms with E-state index in [0.29, 0.717) is 49.6 Å². The van der Waals surface area contributed by atoms with Crippen LogP contribution in [0, 0.1) is 0 Å². The molecule has 0 saturated carbocycles. The largest absolute Gasteiger partial charge is 0.491 e. The van der Waals surface area contributed by atoms with E-state index in [-0.39, 0.29) is 12.1 Å². The fourth-order valence-corrected chi connectivity index (χ4v) is 5.52. The summed E-state index contributed by atoms with van der Waals surface area (Å²) in [6.07, 6.45) is 0.456. The lowest BCUT2D eigenvalue weighted by Crippen LogP contribution is -2.32. The Labute approximate surface area is 288 Å². The van der Waals surface area contributed by atoms with Crippen LogP contribution < -0.4 is 20.1 Å². The Bertz CT molecular complexity index is 1360. The Hall–Kier alpha value is -3.14. The number of benzene rings is 4. The Morgan fingerprint density at radius 1 is 0.574 bits per heavy atom. The molecule has 0 aliphatic heterocycles. The van der Waals surface area contributed by atoms with Crippen LogP contribution in [0.5, 0.6) is 11.5 Å². The molecule has 0 saturated heterocycles. The smallest absolute Gasteiger partial charge is 0.119 e. The summed E-state index contributed by atoms with van der Waals surface area (Å²) in [4.78, 5) is 0. The van der Waals surface area contributed by atoms with Crippen molar-refractivity contribution in [2.24, 2.45) is 0 Å². The van der Waals surface area contributed by atoms with Crippen molar-refractivity contribution in [3.8, 4) is 11.5 Å². The molecule has 4 aromatic rings. The van der Waals surface area contributed by atoms with E-state index < -0.39 is 12.2 Å². The predicted molar refractivity (Wildman–Crippen MR) is 190 cm³/mol. The molecule has 0 bridgehead atoms. The highest BCUT2D eigenvalue weighted by Crippen LogP contribution is 2.19. The van der Waals surface area contributed by atoms with Crippen LogP contribution in [0.4, 0.5) is 0 Å². The topological polar surface area (TPSA) is 92.2 Å². The van der Waals surface area contributed by atoms with E-state index in [1.54, 1.807) is 24.3 Å². The third-order valence-corrected chi connectivity index (χ3v) is 8.18. The molecule has 0 spiro atoms. The van der Waals surface area contributed by atoms with Gasteiger partial charge in [0.15, 0.2) is 0 Å². The number of nitrogens with one attached hydrogen (secondary N) is 2. The van der Waals surface area contributed by atoms with Crippen molar-refractivity contribution in [1.29, 1.82) is 0 Å². The minimum Gasteiger partial charge on any atom is -0.491 e. The second-order valence-corrected chi connectivity index (χ2v) is 12.6. The van der Waals surface area contributed by atoms with Gasteiger partial charge in [-0.25, -0.2) is 0 Å². The zero-order chi connectivity index (χ0) is 33.4. The van der Waals surface area contributed by atoms with Crippen molar-refractivity contribution in [1.82, 2.24) is 10.6 Å². The fourth-order valence-electron chi connectivity index (χ4n) is 5.12. The van der Waals surface area contributed by atoms with E-state index in [9.17, 15) is 10.2 Å². The summed E-state index contributed by atoms with van der Waals surface area (Å²) >= 11 is 12.1. The fraction of sp³-hybridized carbons (Fsp3) is 0.368. The average Bonchev–Trinajstić information content (AvgIpc) is 3.07. The van der Waals surface area contributed by atoms with Gasteiger partial charge in [0.2, 0.25) is 0 Å². The summed E-state index contributed by atoms with van der Waals surface area (Å²) in [5.74, 6) is 1.60. The maximum Gasteiger partial charge on any atom is 0.119 e. The van der Waals surface area contributed by atoms with Gasteiger partial charge in [0.25, 0.3) is 0 Å². The molecule has 0 amide bonds. The van der Waals surface area contributed by atoms with Crippen LogP contribution >= 0.6 is 23.2 Å². The molecule has 0 aliphatic carbocycles. The van der Waals surface area contributed by atoms with Crippen LogP contribution in [-0.4, -0.2) is 61.8 Å². The van der Waals surface area contributed by atoms with Crippen molar-refractivity contribution < 1.29 is 24.4 Å². The van der Waals surface area contributed by atoms with Gasteiger partial charge in [0, 0.05) is 35.2 Å². The Morgan fingerprint density at radius 3 is 1.36 bits per heavy atom. The monoisotopic (exact) mass is 680 g/mol. The predicted octanol–water partition coefficient (Wildman–Crippen LogP) is 6.98. The molecule has 252 valence electrons. The number of ether oxygens (including phenoxy) is 3. The van der Waals surface area contributed by atoms with Crippen molar-refractivity contribution >= 4 is 23.2 Å². The van der Waals surface area contributed by atoms with Crippen LogP contribution in [0.1, 0.15) is 48.3 Å². The second-order valence-electron chi connectivity index (χ2n) is 11.8. The number of aliphatic hydroxyl groups excluding tert-OH is 2. The quantitative estimate of drug-likeness (QED) is 0.0749. The first-order chi connectivity index (χ1) is 22.7. The molecular formula is C38H46Cl2N2O5. The summed E-state index contributed by atoms with van der Waals surface area (Å²) in [5, 5.41) is 28.9. The molecule has 47 heavy (non-hydrogen) atoms. The number of hydrogen-bond acceptors (Lipinski definition) is 7.